The van der Waals surface area contributed by atoms with Crippen LogP contribution in [0.1, 0.15) is 146 Å². The van der Waals surface area contributed by atoms with E-state index in [0.29, 0.717) is 44.9 Å². The number of cyclic esters (lactones) is 1. The first-order valence-corrected chi connectivity index (χ1v) is 41.9. The predicted octanol–water partition coefficient (Wildman–Crippen LogP) is 11.9. The number of carbonyl (C=O) groups is 2. The van der Waals surface area contributed by atoms with Crippen molar-refractivity contribution in [2.75, 3.05) is 13.7 Å². The van der Waals surface area contributed by atoms with Crippen molar-refractivity contribution in [3.8, 4) is 0 Å². The molecular weight excluding hydrogens is 1140 g/mol. The number of rotatable bonds is 11. The lowest BCUT2D eigenvalue weighted by Gasteiger charge is -2.56. The smallest absolute Gasteiger partial charge is 0.407 e. The first kappa shape index (κ1) is 67.8. The van der Waals surface area contributed by atoms with E-state index >= 15 is 13.2 Å². The summed E-state index contributed by atoms with van der Waals surface area (Å²) in [6.07, 6.45) is 0.243. The standard InChI is InChI=1S/C64H107NO15SSi3/c1-39-32-42-27-30-49-40(2)34-43(73-49)26-24-41(66)25-29-51(78-82(13,14)62(3,4)5)57-59(80-84(17,18)64(9,10)11)58(79-83(15,16)63(6,7)8)56-50(77-57)31-28-44(74-56)35-48(67)60(81(69,70)47-22-20-19-21-23-47)54-52(36-45(33-39)72-42)76-53(55(54)71-12)37-46-38-65-61(68)75-46/h19-23,25,29,39,41-46,49-60,66H,2,24,26-28,30-38H2,1,3-18H3,(H,65,68)/b29-25+/t39-,41?,42+,43+,44-,45+,46+,49+,50?,51+,52+,53-,54+,55+,56+,57+,58+,59-,60?/m1/s1. The fourth-order valence-electron chi connectivity index (χ4n) is 13.1. The number of aliphatic hydroxyl groups is 1. The van der Waals surface area contributed by atoms with E-state index in [0.717, 1.165) is 24.8 Å². The van der Waals surface area contributed by atoms with Crippen LogP contribution in [0, 0.1) is 11.8 Å². The highest BCUT2D eigenvalue weighted by molar-refractivity contribution is 7.92. The van der Waals surface area contributed by atoms with E-state index in [-0.39, 0.29) is 69.7 Å². The van der Waals surface area contributed by atoms with Crippen LogP contribution < -0.4 is 5.32 Å². The third kappa shape index (κ3) is 15.5. The molecule has 9 aliphatic rings. The van der Waals surface area contributed by atoms with E-state index in [1.165, 1.54) is 0 Å². The third-order valence-electron chi connectivity index (χ3n) is 20.9. The summed E-state index contributed by atoms with van der Waals surface area (Å²) in [6, 6.07) is 8.21. The maximum atomic E-state index is 16.0. The highest BCUT2D eigenvalue weighted by Gasteiger charge is 2.60. The SMILES string of the molecule is C=C1C[C@@H]2CCC(O)/C=C/[C@H](O[Si](C)(C)C(C)(C)C)[C@@H]3OC4CC[C@H](CC(=O)C(S(=O)(=O)c5ccccc5)[C@@H]5[C@@H](OC)[C@@H](C[C@H]6CNC(=O)O6)O[C@H]5C[C@@H]5C[C@H](C)C[C@H](CC[C@@H]1O2)O5)O[C@@H]4[C@H](O[Si](C)(C)C(C)(C)C)[C@@H]3O[Si](C)(C)C(C)(C)C. The summed E-state index contributed by atoms with van der Waals surface area (Å²) >= 11 is 0. The Hall–Kier alpha value is -2.16. The van der Waals surface area contributed by atoms with Crippen LogP contribution in [0.5, 0.6) is 0 Å². The van der Waals surface area contributed by atoms with Crippen molar-refractivity contribution in [3.05, 3.63) is 54.6 Å². The monoisotopic (exact) mass is 1250 g/mol. The number of alkyl carbamates (subject to hydrolysis) is 1. The van der Waals surface area contributed by atoms with Gasteiger partial charge >= 0.3 is 6.09 Å². The number of carbonyl (C=O) groups excluding carboxylic acids is 2. The van der Waals surface area contributed by atoms with Crippen LogP contribution in [0.2, 0.25) is 54.4 Å². The van der Waals surface area contributed by atoms with E-state index in [1.54, 1.807) is 37.4 Å². The zero-order chi connectivity index (χ0) is 61.7. The highest BCUT2D eigenvalue weighted by Crippen LogP contribution is 2.49. The lowest BCUT2D eigenvalue weighted by Crippen LogP contribution is -2.69. The third-order valence-corrected chi connectivity index (χ3v) is 36.5. The van der Waals surface area contributed by atoms with E-state index in [9.17, 15) is 9.90 Å². The Bertz CT molecular complexity index is 2560. The van der Waals surface area contributed by atoms with Gasteiger partial charge in [-0.05, 0) is 136 Å². The van der Waals surface area contributed by atoms with Crippen molar-refractivity contribution in [2.45, 2.75) is 308 Å². The zero-order valence-electron chi connectivity index (χ0n) is 54.0. The Kier molecular flexibility index (Phi) is 21.3. The van der Waals surface area contributed by atoms with Crippen LogP contribution in [-0.2, 0) is 61.1 Å². The first-order chi connectivity index (χ1) is 39.0. The molecule has 0 aliphatic carbocycles. The van der Waals surface area contributed by atoms with E-state index < -0.39 is 131 Å². The number of nitrogens with one attached hydrogen (secondary N) is 1. The second kappa shape index (κ2) is 26.4. The summed E-state index contributed by atoms with van der Waals surface area (Å²) in [6.45, 7) is 40.3. The Morgan fingerprint density at radius 2 is 1.24 bits per heavy atom. The van der Waals surface area contributed by atoms with Crippen molar-refractivity contribution >= 4 is 46.7 Å². The van der Waals surface area contributed by atoms with Gasteiger partial charge in [-0.3, -0.25) is 4.79 Å². The Morgan fingerprint density at radius 3 is 1.85 bits per heavy atom. The number of sulfone groups is 1. The van der Waals surface area contributed by atoms with Crippen LogP contribution in [0.25, 0.3) is 0 Å². The van der Waals surface area contributed by atoms with Crippen LogP contribution in [0.4, 0.5) is 4.79 Å². The summed E-state index contributed by atoms with van der Waals surface area (Å²) in [5.74, 6) is -1.19. The molecule has 476 valence electrons. The molecule has 0 radical (unpaired) electrons. The van der Waals surface area contributed by atoms with Gasteiger partial charge in [-0.1, -0.05) is 106 Å². The van der Waals surface area contributed by atoms with Gasteiger partial charge in [0.1, 0.15) is 35.8 Å². The quantitative estimate of drug-likeness (QED) is 0.157. The van der Waals surface area contributed by atoms with Crippen LogP contribution in [0.15, 0.2) is 59.5 Å². The van der Waals surface area contributed by atoms with Crippen molar-refractivity contribution in [2.24, 2.45) is 11.8 Å². The molecule has 19 atom stereocenters. The number of hydrogen-bond donors (Lipinski definition) is 2. The predicted molar refractivity (Wildman–Crippen MR) is 333 cm³/mol. The molecule has 2 N–H and O–H groups in total. The van der Waals surface area contributed by atoms with Gasteiger partial charge in [-0.2, -0.15) is 0 Å². The number of Topliss-reactive ketones (excluding diaryl/α,β-unsaturated/α-hetero) is 1. The maximum Gasteiger partial charge on any atom is 0.407 e. The Labute approximate surface area is 507 Å². The van der Waals surface area contributed by atoms with Gasteiger partial charge in [0.2, 0.25) is 0 Å². The van der Waals surface area contributed by atoms with E-state index in [1.807, 2.05) is 12.2 Å². The van der Waals surface area contributed by atoms with Crippen molar-refractivity contribution in [1.82, 2.24) is 5.32 Å². The largest absolute Gasteiger partial charge is 0.444 e. The van der Waals surface area contributed by atoms with Crippen molar-refractivity contribution < 1.29 is 69.5 Å². The second-order valence-corrected chi connectivity index (χ2v) is 46.8. The van der Waals surface area contributed by atoms with Crippen molar-refractivity contribution in [1.29, 1.82) is 0 Å². The topological polar surface area (TPSA) is 193 Å². The second-order valence-electron chi connectivity index (χ2n) is 30.5. The number of aliphatic hydroxyl groups excluding tert-OH is 1. The van der Waals surface area contributed by atoms with Crippen molar-refractivity contribution in [3.63, 3.8) is 0 Å². The molecule has 0 aromatic heterocycles. The Morgan fingerprint density at radius 1 is 0.655 bits per heavy atom. The fraction of sp³-hybridized carbons (Fsp3) is 0.812. The minimum atomic E-state index is -4.45. The molecule has 20 heteroatoms. The molecule has 3 unspecified atom stereocenters. The Balaban J connectivity index is 1.26. The number of fused-ring (bicyclic) bond motifs is 2. The van der Waals surface area contributed by atoms with Gasteiger partial charge in [-0.25, -0.2) is 13.2 Å². The van der Waals surface area contributed by atoms with Gasteiger partial charge in [0.25, 0.3) is 0 Å². The molecule has 8 bridgehead atoms. The van der Waals surface area contributed by atoms with Crippen LogP contribution >= 0.6 is 0 Å². The lowest BCUT2D eigenvalue weighted by atomic mass is 9.82. The summed E-state index contributed by atoms with van der Waals surface area (Å²) in [5, 5.41) is 12.4. The maximum absolute atomic E-state index is 16.0. The molecule has 6 fully saturated rings. The number of benzene rings is 1. The molecule has 16 nitrogen and oxygen atoms in total. The highest BCUT2D eigenvalue weighted by atomic mass is 32.2. The average Bonchev–Trinajstić information content (AvgIpc) is 1.26. The van der Waals surface area contributed by atoms with E-state index in [4.69, 9.17) is 46.4 Å². The van der Waals surface area contributed by atoms with Crippen LogP contribution in [0.3, 0.4) is 0 Å². The molecule has 1 aromatic rings. The summed E-state index contributed by atoms with van der Waals surface area (Å²) in [5.41, 5.74) is 1.04. The summed E-state index contributed by atoms with van der Waals surface area (Å²) in [4.78, 5) is 28.4. The molecule has 6 saturated heterocycles. The summed E-state index contributed by atoms with van der Waals surface area (Å²) in [7, 11) is -10.9. The molecule has 9 heterocycles. The number of ketones is 1. The molecule has 1 amide bonds. The average molecular weight is 1250 g/mol. The van der Waals surface area contributed by atoms with Gasteiger partial charge < -0.3 is 56.9 Å². The number of hydrogen-bond acceptors (Lipinski definition) is 15. The lowest BCUT2D eigenvalue weighted by molar-refractivity contribution is -0.266. The number of methoxy groups -OCH3 is 1. The normalized spacial score (nSPS) is 37.9. The molecular formula is C64H107NO15SSi3. The zero-order valence-corrected chi connectivity index (χ0v) is 57.8. The fourth-order valence-corrected chi connectivity index (χ4v) is 19.0. The molecule has 10 rings (SSSR count). The van der Waals surface area contributed by atoms with Gasteiger partial charge in [0, 0.05) is 32.3 Å². The molecule has 1 aromatic carbocycles. The minimum absolute atomic E-state index is 0.0235. The van der Waals surface area contributed by atoms with Gasteiger partial charge in [0.05, 0.1) is 78.6 Å². The molecule has 0 saturated carbocycles. The molecule has 84 heavy (non-hydrogen) atoms. The van der Waals surface area contributed by atoms with Gasteiger partial charge in [-0.15, -0.1) is 0 Å². The minimum Gasteiger partial charge on any atom is -0.444 e. The number of amides is 1. The summed E-state index contributed by atoms with van der Waals surface area (Å²) < 4.78 is 102. The van der Waals surface area contributed by atoms with Crippen LogP contribution in [-0.4, -0.2) is 167 Å². The van der Waals surface area contributed by atoms with E-state index in [2.05, 4.69) is 120 Å². The van der Waals surface area contributed by atoms with Gasteiger partial charge in [0.15, 0.2) is 40.6 Å². The molecule has 9 aliphatic heterocycles. The molecule has 0 spiro atoms. The number of ether oxygens (including phenoxy) is 7. The first-order valence-electron chi connectivity index (χ1n) is 31.6.